The van der Waals surface area contributed by atoms with Crippen LogP contribution >= 0.6 is 15.9 Å². The van der Waals surface area contributed by atoms with Crippen molar-refractivity contribution in [1.29, 1.82) is 0 Å². The Hall–Kier alpha value is -2.28. The van der Waals surface area contributed by atoms with Gasteiger partial charge < -0.3 is 13.9 Å². The van der Waals surface area contributed by atoms with Gasteiger partial charge >= 0.3 is 0 Å². The second kappa shape index (κ2) is 8.23. The zero-order valence-electron chi connectivity index (χ0n) is 11.9. The lowest BCUT2D eigenvalue weighted by atomic mass is 10.3. The van der Waals surface area contributed by atoms with E-state index in [4.69, 9.17) is 13.9 Å². The summed E-state index contributed by atoms with van der Waals surface area (Å²) in [4.78, 5) is 11.7. The molecule has 1 N–H and O–H groups in total. The quantitative estimate of drug-likeness (QED) is 0.603. The maximum Gasteiger partial charge on any atom is 0.277 e. The number of para-hydroxylation sites is 2. The van der Waals surface area contributed by atoms with E-state index < -0.39 is 0 Å². The fraction of sp³-hybridized carbons (Fsp3) is 0.200. The van der Waals surface area contributed by atoms with Gasteiger partial charge in [-0.3, -0.25) is 4.79 Å². The third-order valence-corrected chi connectivity index (χ3v) is 2.91. The van der Waals surface area contributed by atoms with Crippen LogP contribution in [0.5, 0.6) is 11.5 Å². The van der Waals surface area contributed by atoms with Crippen LogP contribution in [0.4, 0.5) is 0 Å². The zero-order valence-corrected chi connectivity index (χ0v) is 13.5. The molecular weight excluding hydrogens is 352 g/mol. The number of halogens is 1. The standard InChI is InChI=1S/C15H15BrN2O4/c1-2-20-12-5-3-4-6-13(12)21-10-15(19)18-17-9-11-7-8-14(16)22-11/h3-9H,2,10H2,1H3,(H,18,19)/b17-9-. The molecular formula is C15H15BrN2O4. The van der Waals surface area contributed by atoms with E-state index in [1.807, 2.05) is 19.1 Å². The monoisotopic (exact) mass is 366 g/mol. The molecule has 1 aromatic carbocycles. The number of furan rings is 1. The Morgan fingerprint density at radius 2 is 2.00 bits per heavy atom. The molecule has 6 nitrogen and oxygen atoms in total. The van der Waals surface area contributed by atoms with Gasteiger partial charge in [0, 0.05) is 0 Å². The first-order valence-electron chi connectivity index (χ1n) is 6.61. The fourth-order valence-corrected chi connectivity index (χ4v) is 1.90. The van der Waals surface area contributed by atoms with E-state index in [9.17, 15) is 4.79 Å². The summed E-state index contributed by atoms with van der Waals surface area (Å²) < 4.78 is 16.6. The molecule has 0 radical (unpaired) electrons. The largest absolute Gasteiger partial charge is 0.490 e. The maximum absolute atomic E-state index is 11.7. The van der Waals surface area contributed by atoms with Gasteiger partial charge in [0.15, 0.2) is 22.8 Å². The van der Waals surface area contributed by atoms with Crippen molar-refractivity contribution in [2.75, 3.05) is 13.2 Å². The van der Waals surface area contributed by atoms with Gasteiger partial charge in [-0.05, 0) is 47.1 Å². The average molecular weight is 367 g/mol. The van der Waals surface area contributed by atoms with Crippen molar-refractivity contribution in [3.63, 3.8) is 0 Å². The highest BCUT2D eigenvalue weighted by molar-refractivity contribution is 9.10. The van der Waals surface area contributed by atoms with Gasteiger partial charge in [0.2, 0.25) is 0 Å². The number of hydrogen-bond donors (Lipinski definition) is 1. The van der Waals surface area contributed by atoms with E-state index in [-0.39, 0.29) is 12.5 Å². The van der Waals surface area contributed by atoms with Gasteiger partial charge in [-0.25, -0.2) is 5.43 Å². The van der Waals surface area contributed by atoms with Gasteiger partial charge in [-0.2, -0.15) is 5.10 Å². The van der Waals surface area contributed by atoms with Crippen LogP contribution in [0.25, 0.3) is 0 Å². The molecule has 0 aliphatic rings. The Labute approximate surface area is 136 Å². The predicted molar refractivity (Wildman–Crippen MR) is 85.3 cm³/mol. The van der Waals surface area contributed by atoms with E-state index in [0.717, 1.165) is 0 Å². The van der Waals surface area contributed by atoms with Crippen LogP contribution in [-0.4, -0.2) is 25.3 Å². The molecule has 0 unspecified atom stereocenters. The predicted octanol–water partition coefficient (Wildman–Crippen LogP) is 2.97. The number of hydrazone groups is 1. The topological polar surface area (TPSA) is 73.1 Å². The van der Waals surface area contributed by atoms with Crippen molar-refractivity contribution in [3.8, 4) is 11.5 Å². The summed E-state index contributed by atoms with van der Waals surface area (Å²) in [6.45, 7) is 2.24. The number of nitrogens with one attached hydrogen (secondary N) is 1. The second-order valence-corrected chi connectivity index (χ2v) is 4.89. The van der Waals surface area contributed by atoms with Crippen LogP contribution in [0, 0.1) is 0 Å². The molecule has 0 aliphatic heterocycles. The highest BCUT2D eigenvalue weighted by atomic mass is 79.9. The Balaban J connectivity index is 1.81. The van der Waals surface area contributed by atoms with E-state index in [0.29, 0.717) is 28.5 Å². The third kappa shape index (κ3) is 4.92. The zero-order chi connectivity index (χ0) is 15.8. The highest BCUT2D eigenvalue weighted by Crippen LogP contribution is 2.26. The summed E-state index contributed by atoms with van der Waals surface area (Å²) in [6, 6.07) is 10.6. The Bertz CT molecular complexity index is 654. The van der Waals surface area contributed by atoms with E-state index in [1.54, 1.807) is 24.3 Å². The molecule has 116 valence electrons. The molecule has 0 aliphatic carbocycles. The minimum Gasteiger partial charge on any atom is -0.490 e. The van der Waals surface area contributed by atoms with Gasteiger partial charge in [-0.1, -0.05) is 12.1 Å². The van der Waals surface area contributed by atoms with Gasteiger partial charge in [-0.15, -0.1) is 0 Å². The lowest BCUT2D eigenvalue weighted by Gasteiger charge is -2.10. The van der Waals surface area contributed by atoms with Crippen molar-refractivity contribution in [1.82, 2.24) is 5.43 Å². The first-order valence-corrected chi connectivity index (χ1v) is 7.40. The SMILES string of the molecule is CCOc1ccccc1OCC(=O)N/N=C\c1ccc(Br)o1. The lowest BCUT2D eigenvalue weighted by molar-refractivity contribution is -0.123. The molecule has 2 rings (SSSR count). The Kier molecular flexibility index (Phi) is 6.02. The Morgan fingerprint density at radius 1 is 1.27 bits per heavy atom. The summed E-state index contributed by atoms with van der Waals surface area (Å²) in [5.74, 6) is 1.25. The number of benzene rings is 1. The number of ether oxygens (including phenoxy) is 2. The smallest absolute Gasteiger partial charge is 0.277 e. The van der Waals surface area contributed by atoms with Crippen LogP contribution in [-0.2, 0) is 4.79 Å². The summed E-state index contributed by atoms with van der Waals surface area (Å²) >= 11 is 3.18. The number of carbonyl (C=O) groups is 1. The van der Waals surface area contributed by atoms with Crippen molar-refractivity contribution < 1.29 is 18.7 Å². The Morgan fingerprint density at radius 3 is 2.64 bits per heavy atom. The third-order valence-electron chi connectivity index (χ3n) is 2.48. The fourth-order valence-electron chi connectivity index (χ4n) is 1.59. The summed E-state index contributed by atoms with van der Waals surface area (Å²) in [5.41, 5.74) is 2.35. The number of hydrogen-bond acceptors (Lipinski definition) is 5. The van der Waals surface area contributed by atoms with Crippen molar-refractivity contribution in [2.45, 2.75) is 6.92 Å². The van der Waals surface area contributed by atoms with Gasteiger partial charge in [0.1, 0.15) is 5.76 Å². The van der Waals surface area contributed by atoms with Crippen LogP contribution in [0.1, 0.15) is 12.7 Å². The minimum absolute atomic E-state index is 0.163. The highest BCUT2D eigenvalue weighted by Gasteiger charge is 2.06. The number of amides is 1. The summed E-state index contributed by atoms with van der Waals surface area (Å²) in [7, 11) is 0. The molecule has 0 bridgehead atoms. The first-order chi connectivity index (χ1) is 10.7. The van der Waals surface area contributed by atoms with E-state index in [1.165, 1.54) is 6.21 Å². The number of nitrogens with zero attached hydrogens (tertiary/aromatic N) is 1. The van der Waals surface area contributed by atoms with Gasteiger partial charge in [0.05, 0.1) is 12.8 Å². The van der Waals surface area contributed by atoms with Crippen molar-refractivity contribution in [3.05, 3.63) is 46.8 Å². The minimum atomic E-state index is -0.381. The maximum atomic E-state index is 11.7. The number of carbonyl (C=O) groups excluding carboxylic acids is 1. The lowest BCUT2D eigenvalue weighted by Crippen LogP contribution is -2.24. The molecule has 0 saturated heterocycles. The van der Waals surface area contributed by atoms with Crippen LogP contribution in [0.3, 0.4) is 0 Å². The van der Waals surface area contributed by atoms with Crippen molar-refractivity contribution in [2.24, 2.45) is 5.10 Å². The van der Waals surface area contributed by atoms with Crippen LogP contribution < -0.4 is 14.9 Å². The second-order valence-electron chi connectivity index (χ2n) is 4.10. The molecule has 7 heteroatoms. The van der Waals surface area contributed by atoms with Gasteiger partial charge in [0.25, 0.3) is 5.91 Å². The number of rotatable bonds is 7. The van der Waals surface area contributed by atoms with E-state index in [2.05, 4.69) is 26.5 Å². The first kappa shape index (κ1) is 16.1. The normalized spacial score (nSPS) is 10.6. The average Bonchev–Trinajstić information content (AvgIpc) is 2.92. The molecule has 0 saturated carbocycles. The molecule has 1 aromatic heterocycles. The van der Waals surface area contributed by atoms with Crippen molar-refractivity contribution >= 4 is 28.1 Å². The van der Waals surface area contributed by atoms with Crippen LogP contribution in [0.2, 0.25) is 0 Å². The molecule has 1 amide bonds. The molecule has 1 heterocycles. The molecule has 22 heavy (non-hydrogen) atoms. The summed E-state index contributed by atoms with van der Waals surface area (Å²) in [5, 5.41) is 3.78. The molecule has 2 aromatic rings. The molecule has 0 fully saturated rings. The van der Waals surface area contributed by atoms with E-state index >= 15 is 0 Å². The molecule has 0 spiro atoms. The van der Waals surface area contributed by atoms with Crippen LogP contribution in [0.15, 0.2) is 50.6 Å². The summed E-state index contributed by atoms with van der Waals surface area (Å²) in [6.07, 6.45) is 1.40. The molecule has 0 atom stereocenters.